The molecule has 2 N–H and O–H groups in total. The number of anilines is 1. The van der Waals surface area contributed by atoms with Gasteiger partial charge in [0.1, 0.15) is 19.0 Å². The highest BCUT2D eigenvalue weighted by Gasteiger charge is 2.20. The van der Waals surface area contributed by atoms with Crippen molar-refractivity contribution in [1.29, 1.82) is 0 Å². The summed E-state index contributed by atoms with van der Waals surface area (Å²) in [6, 6.07) is 17.8. The Morgan fingerprint density at radius 3 is 2.52 bits per heavy atom. The predicted octanol–water partition coefficient (Wildman–Crippen LogP) is 3.76. The lowest BCUT2D eigenvalue weighted by molar-refractivity contribution is 0.0939. The highest BCUT2D eigenvalue weighted by molar-refractivity contribution is 7.92. The molecule has 0 aliphatic carbocycles. The van der Waals surface area contributed by atoms with E-state index in [1.807, 2.05) is 31.2 Å². The second kappa shape index (κ2) is 9.41. The summed E-state index contributed by atoms with van der Waals surface area (Å²) in [5.41, 5.74) is 1.42. The molecule has 8 nitrogen and oxygen atoms in total. The molecule has 1 unspecified atom stereocenters. The maximum atomic E-state index is 12.9. The molecule has 0 bridgehead atoms. The predicted molar refractivity (Wildman–Crippen MR) is 124 cm³/mol. The van der Waals surface area contributed by atoms with Crippen molar-refractivity contribution in [2.24, 2.45) is 0 Å². The number of benzene rings is 3. The van der Waals surface area contributed by atoms with E-state index in [9.17, 15) is 13.2 Å². The molecule has 0 radical (unpaired) electrons. The lowest BCUT2D eigenvalue weighted by atomic mass is 10.1. The highest BCUT2D eigenvalue weighted by Crippen LogP contribution is 2.33. The van der Waals surface area contributed by atoms with E-state index in [1.165, 1.54) is 18.2 Å². The van der Waals surface area contributed by atoms with E-state index >= 15 is 0 Å². The fourth-order valence-electron chi connectivity index (χ4n) is 3.51. The van der Waals surface area contributed by atoms with Crippen molar-refractivity contribution in [2.75, 3.05) is 25.0 Å². The molecule has 1 aliphatic rings. The summed E-state index contributed by atoms with van der Waals surface area (Å²) in [5.74, 6) is 1.21. The maximum Gasteiger partial charge on any atom is 0.262 e. The number of hydrogen-bond donors (Lipinski definition) is 2. The van der Waals surface area contributed by atoms with Gasteiger partial charge in [0.15, 0.2) is 11.5 Å². The van der Waals surface area contributed by atoms with Crippen LogP contribution in [0.25, 0.3) is 0 Å². The van der Waals surface area contributed by atoms with Crippen LogP contribution in [0.5, 0.6) is 17.2 Å². The van der Waals surface area contributed by atoms with E-state index in [2.05, 4.69) is 10.0 Å². The molecule has 9 heteroatoms. The minimum absolute atomic E-state index is 0.0337. The molecule has 1 heterocycles. The number of amides is 1. The highest BCUT2D eigenvalue weighted by atomic mass is 32.2. The minimum Gasteiger partial charge on any atom is -0.496 e. The molecule has 4 rings (SSSR count). The zero-order valence-corrected chi connectivity index (χ0v) is 19.0. The summed E-state index contributed by atoms with van der Waals surface area (Å²) in [4.78, 5) is 12.9. The molecule has 3 aromatic carbocycles. The zero-order valence-electron chi connectivity index (χ0n) is 18.2. The van der Waals surface area contributed by atoms with Crippen LogP contribution in [-0.2, 0) is 10.0 Å². The van der Waals surface area contributed by atoms with Crippen molar-refractivity contribution in [3.63, 3.8) is 0 Å². The molecule has 1 aliphatic heterocycles. The number of sulfonamides is 1. The van der Waals surface area contributed by atoms with Crippen LogP contribution in [-0.4, -0.2) is 34.6 Å². The second-order valence-corrected chi connectivity index (χ2v) is 9.11. The molecule has 1 amide bonds. The topological polar surface area (TPSA) is 103 Å². The lowest BCUT2D eigenvalue weighted by Crippen LogP contribution is -2.27. The Morgan fingerprint density at radius 2 is 1.73 bits per heavy atom. The number of hydrogen-bond acceptors (Lipinski definition) is 6. The Hall–Kier alpha value is -3.72. The van der Waals surface area contributed by atoms with E-state index in [0.29, 0.717) is 36.0 Å². The zero-order chi connectivity index (χ0) is 23.4. The normalized spacial score (nSPS) is 13.6. The lowest BCUT2D eigenvalue weighted by Gasteiger charge is -2.19. The van der Waals surface area contributed by atoms with Gasteiger partial charge in [0.2, 0.25) is 0 Å². The largest absolute Gasteiger partial charge is 0.496 e. The van der Waals surface area contributed by atoms with Crippen LogP contribution in [0.3, 0.4) is 0 Å². The second-order valence-electron chi connectivity index (χ2n) is 7.43. The van der Waals surface area contributed by atoms with Gasteiger partial charge in [-0.2, -0.15) is 0 Å². The third-order valence-electron chi connectivity index (χ3n) is 5.15. The third kappa shape index (κ3) is 5.04. The monoisotopic (exact) mass is 468 g/mol. The summed E-state index contributed by atoms with van der Waals surface area (Å²) in [6.45, 7) is 2.63. The Kier molecular flexibility index (Phi) is 6.41. The van der Waals surface area contributed by atoms with Gasteiger partial charge in [0.05, 0.1) is 18.0 Å². The SMILES string of the molecule is COc1ccccc1C(C)NC(=O)c1cccc(NS(=O)(=O)c2ccc3c(c2)OCCO3)c1. The number of rotatable bonds is 7. The quantitative estimate of drug-likeness (QED) is 0.547. The van der Waals surface area contributed by atoms with E-state index in [0.717, 1.165) is 5.56 Å². The van der Waals surface area contributed by atoms with Gasteiger partial charge in [0, 0.05) is 22.9 Å². The molecule has 3 aromatic rings. The summed E-state index contributed by atoms with van der Waals surface area (Å²) < 4.78 is 44.5. The van der Waals surface area contributed by atoms with Crippen molar-refractivity contribution >= 4 is 21.6 Å². The molecule has 0 fully saturated rings. The minimum atomic E-state index is -3.90. The molecule has 0 aromatic heterocycles. The number of fused-ring (bicyclic) bond motifs is 1. The number of carbonyl (C=O) groups excluding carboxylic acids is 1. The molecular weight excluding hydrogens is 444 g/mol. The summed E-state index contributed by atoms with van der Waals surface area (Å²) in [5, 5.41) is 2.92. The molecule has 1 atom stereocenters. The van der Waals surface area contributed by atoms with E-state index in [1.54, 1.807) is 31.4 Å². The smallest absolute Gasteiger partial charge is 0.262 e. The van der Waals surface area contributed by atoms with Crippen molar-refractivity contribution in [3.8, 4) is 17.2 Å². The molecule has 33 heavy (non-hydrogen) atoms. The molecule has 0 saturated heterocycles. The van der Waals surface area contributed by atoms with E-state index < -0.39 is 10.0 Å². The summed E-state index contributed by atoms with van der Waals surface area (Å²) in [7, 11) is -2.32. The van der Waals surface area contributed by atoms with Crippen LogP contribution >= 0.6 is 0 Å². The van der Waals surface area contributed by atoms with Crippen LogP contribution in [0.1, 0.15) is 28.9 Å². The average molecular weight is 469 g/mol. The third-order valence-corrected chi connectivity index (χ3v) is 6.53. The molecule has 0 saturated carbocycles. The van der Waals surface area contributed by atoms with Crippen LogP contribution in [0.2, 0.25) is 0 Å². The van der Waals surface area contributed by atoms with Gasteiger partial charge in [0.25, 0.3) is 15.9 Å². The molecule has 172 valence electrons. The molecular formula is C24H24N2O6S. The number of methoxy groups -OCH3 is 1. The number of ether oxygens (including phenoxy) is 3. The van der Waals surface area contributed by atoms with Gasteiger partial charge in [-0.25, -0.2) is 8.42 Å². The van der Waals surface area contributed by atoms with Gasteiger partial charge in [-0.05, 0) is 43.3 Å². The van der Waals surface area contributed by atoms with Gasteiger partial charge in [-0.15, -0.1) is 0 Å². The van der Waals surface area contributed by atoms with Crippen molar-refractivity contribution < 1.29 is 27.4 Å². The number of nitrogens with one attached hydrogen (secondary N) is 2. The Morgan fingerprint density at radius 1 is 0.970 bits per heavy atom. The molecule has 0 spiro atoms. The number of para-hydroxylation sites is 1. The first-order chi connectivity index (χ1) is 15.9. The first kappa shape index (κ1) is 22.5. The van der Waals surface area contributed by atoms with E-state index in [4.69, 9.17) is 14.2 Å². The standard InChI is InChI=1S/C24H24N2O6S/c1-16(20-8-3-4-9-21(20)30-2)25-24(27)17-6-5-7-18(14-17)26-33(28,29)19-10-11-22-23(15-19)32-13-12-31-22/h3-11,14-16,26H,12-13H2,1-2H3,(H,25,27). The van der Waals surface area contributed by atoms with E-state index in [-0.39, 0.29) is 22.5 Å². The Labute approximate surface area is 192 Å². The van der Waals surface area contributed by atoms with Crippen LogP contribution in [0.15, 0.2) is 71.6 Å². The maximum absolute atomic E-state index is 12.9. The fraction of sp³-hybridized carbons (Fsp3) is 0.208. The fourth-order valence-corrected chi connectivity index (χ4v) is 4.58. The van der Waals surface area contributed by atoms with Gasteiger partial charge < -0.3 is 19.5 Å². The number of carbonyl (C=O) groups is 1. The van der Waals surface area contributed by atoms with Crippen molar-refractivity contribution in [3.05, 3.63) is 77.9 Å². The summed E-state index contributed by atoms with van der Waals surface area (Å²) in [6.07, 6.45) is 0. The van der Waals surface area contributed by atoms with Crippen LogP contribution in [0, 0.1) is 0 Å². The van der Waals surface area contributed by atoms with Crippen LogP contribution < -0.4 is 24.2 Å². The first-order valence-electron chi connectivity index (χ1n) is 10.3. The summed E-state index contributed by atoms with van der Waals surface area (Å²) >= 11 is 0. The Bertz CT molecular complexity index is 1280. The van der Waals surface area contributed by atoms with Crippen molar-refractivity contribution in [1.82, 2.24) is 5.32 Å². The van der Waals surface area contributed by atoms with Gasteiger partial charge in [-0.1, -0.05) is 24.3 Å². The van der Waals surface area contributed by atoms with Gasteiger partial charge >= 0.3 is 0 Å². The van der Waals surface area contributed by atoms with Gasteiger partial charge in [-0.3, -0.25) is 9.52 Å². The average Bonchev–Trinajstić information content (AvgIpc) is 2.83. The van der Waals surface area contributed by atoms with Crippen molar-refractivity contribution in [2.45, 2.75) is 17.9 Å². The van der Waals surface area contributed by atoms with Crippen LogP contribution in [0.4, 0.5) is 5.69 Å². The first-order valence-corrected chi connectivity index (χ1v) is 11.8. The Balaban J connectivity index is 1.50.